The molecule has 0 saturated carbocycles. The molecule has 1 fully saturated rings. The highest BCUT2D eigenvalue weighted by Gasteiger charge is 2.24. The number of nitrogens with one attached hydrogen (secondary N) is 1. The molecule has 1 saturated heterocycles. The number of ether oxygens (including phenoxy) is 1. The molecular formula is C18H31N3O2. The second-order valence-corrected chi connectivity index (χ2v) is 6.45. The summed E-state index contributed by atoms with van der Waals surface area (Å²) in [6.45, 7) is 10.4. The Bertz CT molecular complexity index is 478. The van der Waals surface area contributed by atoms with Crippen molar-refractivity contribution in [2.45, 2.75) is 19.9 Å². The first-order valence-electron chi connectivity index (χ1n) is 8.46. The van der Waals surface area contributed by atoms with Crippen LogP contribution in [-0.2, 0) is 0 Å². The van der Waals surface area contributed by atoms with E-state index >= 15 is 0 Å². The third kappa shape index (κ3) is 4.67. The summed E-state index contributed by atoms with van der Waals surface area (Å²) in [5.74, 6) is 0.912. The minimum absolute atomic E-state index is 0.183. The van der Waals surface area contributed by atoms with Crippen LogP contribution < -0.4 is 10.1 Å². The number of hydrogen-bond acceptors (Lipinski definition) is 5. The van der Waals surface area contributed by atoms with Crippen LogP contribution in [0.3, 0.4) is 0 Å². The van der Waals surface area contributed by atoms with E-state index in [4.69, 9.17) is 4.74 Å². The lowest BCUT2D eigenvalue weighted by atomic mass is 9.94. The van der Waals surface area contributed by atoms with Crippen LogP contribution in [0, 0.1) is 13.8 Å². The number of rotatable bonds is 7. The monoisotopic (exact) mass is 321 g/mol. The summed E-state index contributed by atoms with van der Waals surface area (Å²) in [7, 11) is 3.82. The Morgan fingerprint density at radius 3 is 2.39 bits per heavy atom. The fourth-order valence-corrected chi connectivity index (χ4v) is 3.48. The first kappa shape index (κ1) is 18.2. The number of nitrogens with zero attached hydrogens (tertiary/aromatic N) is 2. The fourth-order valence-electron chi connectivity index (χ4n) is 3.48. The van der Waals surface area contributed by atoms with E-state index in [9.17, 15) is 5.11 Å². The van der Waals surface area contributed by atoms with Gasteiger partial charge in [-0.25, -0.2) is 0 Å². The van der Waals surface area contributed by atoms with Crippen molar-refractivity contribution in [2.24, 2.45) is 0 Å². The molecule has 0 aromatic heterocycles. The number of aliphatic hydroxyl groups excluding tert-OH is 1. The maximum absolute atomic E-state index is 9.37. The van der Waals surface area contributed by atoms with Gasteiger partial charge in [0.1, 0.15) is 5.75 Å². The van der Waals surface area contributed by atoms with Gasteiger partial charge in [-0.15, -0.1) is 0 Å². The van der Waals surface area contributed by atoms with Gasteiger partial charge in [-0.05, 0) is 49.7 Å². The number of aliphatic hydroxyl groups is 1. The van der Waals surface area contributed by atoms with Gasteiger partial charge in [0.25, 0.3) is 0 Å². The first-order valence-corrected chi connectivity index (χ1v) is 8.46. The number of likely N-dealkylation sites (N-methyl/N-ethyl adjacent to an activating group) is 1. The summed E-state index contributed by atoms with van der Waals surface area (Å²) in [5, 5.41) is 12.8. The van der Waals surface area contributed by atoms with Gasteiger partial charge in [-0.3, -0.25) is 9.80 Å². The van der Waals surface area contributed by atoms with Crippen LogP contribution in [0.25, 0.3) is 0 Å². The Labute approximate surface area is 140 Å². The average molecular weight is 321 g/mol. The zero-order valence-corrected chi connectivity index (χ0v) is 14.9. The van der Waals surface area contributed by atoms with Crippen molar-refractivity contribution in [3.63, 3.8) is 0 Å². The van der Waals surface area contributed by atoms with Gasteiger partial charge in [-0.2, -0.15) is 0 Å². The molecule has 0 bridgehead atoms. The highest BCUT2D eigenvalue weighted by atomic mass is 16.5. The topological polar surface area (TPSA) is 48.0 Å². The minimum Gasteiger partial charge on any atom is -0.497 e. The molecule has 23 heavy (non-hydrogen) atoms. The Kier molecular flexibility index (Phi) is 6.84. The molecule has 1 heterocycles. The molecule has 130 valence electrons. The third-order valence-electron chi connectivity index (χ3n) is 4.76. The lowest BCUT2D eigenvalue weighted by Crippen LogP contribution is -2.47. The molecule has 1 aliphatic rings. The van der Waals surface area contributed by atoms with Crippen molar-refractivity contribution in [3.8, 4) is 5.75 Å². The summed E-state index contributed by atoms with van der Waals surface area (Å²) < 4.78 is 5.40. The average Bonchev–Trinajstić information content (AvgIpc) is 2.54. The quantitative estimate of drug-likeness (QED) is 0.790. The van der Waals surface area contributed by atoms with E-state index in [1.165, 1.54) is 16.7 Å². The van der Waals surface area contributed by atoms with E-state index in [2.05, 4.69) is 48.1 Å². The number of aryl methyl sites for hydroxylation is 2. The minimum atomic E-state index is 0.183. The molecular weight excluding hydrogens is 290 g/mol. The van der Waals surface area contributed by atoms with Crippen molar-refractivity contribution in [1.82, 2.24) is 15.1 Å². The lowest BCUT2D eigenvalue weighted by molar-refractivity contribution is 0.129. The molecule has 2 rings (SSSR count). The SMILES string of the molecule is COc1cc(C)c(C(CN2CCNCC2)N(C)CCO)c(C)c1. The van der Waals surface area contributed by atoms with Gasteiger partial charge >= 0.3 is 0 Å². The second kappa shape index (κ2) is 8.64. The molecule has 1 aromatic carbocycles. The van der Waals surface area contributed by atoms with E-state index in [1.54, 1.807) is 7.11 Å². The van der Waals surface area contributed by atoms with Gasteiger partial charge in [0.15, 0.2) is 0 Å². The molecule has 0 amide bonds. The fraction of sp³-hybridized carbons (Fsp3) is 0.667. The highest BCUT2D eigenvalue weighted by molar-refractivity contribution is 5.43. The van der Waals surface area contributed by atoms with E-state index in [0.29, 0.717) is 6.54 Å². The van der Waals surface area contributed by atoms with E-state index in [-0.39, 0.29) is 12.6 Å². The van der Waals surface area contributed by atoms with Gasteiger partial charge in [0.05, 0.1) is 13.7 Å². The van der Waals surface area contributed by atoms with E-state index in [1.807, 2.05) is 0 Å². The summed E-state index contributed by atoms with van der Waals surface area (Å²) in [5.41, 5.74) is 3.87. The van der Waals surface area contributed by atoms with Crippen LogP contribution >= 0.6 is 0 Å². The van der Waals surface area contributed by atoms with Crippen LogP contribution in [0.4, 0.5) is 0 Å². The molecule has 5 heteroatoms. The second-order valence-electron chi connectivity index (χ2n) is 6.45. The van der Waals surface area contributed by atoms with Crippen LogP contribution in [0.1, 0.15) is 22.7 Å². The van der Waals surface area contributed by atoms with Gasteiger partial charge < -0.3 is 15.2 Å². The van der Waals surface area contributed by atoms with E-state index < -0.39 is 0 Å². The third-order valence-corrected chi connectivity index (χ3v) is 4.76. The molecule has 2 N–H and O–H groups in total. The van der Waals surface area contributed by atoms with Crippen LogP contribution in [0.2, 0.25) is 0 Å². The van der Waals surface area contributed by atoms with Crippen LogP contribution in [0.15, 0.2) is 12.1 Å². The molecule has 1 atom stereocenters. The van der Waals surface area contributed by atoms with Crippen LogP contribution in [0.5, 0.6) is 5.75 Å². The number of benzene rings is 1. The smallest absolute Gasteiger partial charge is 0.119 e. The predicted molar refractivity (Wildman–Crippen MR) is 94.2 cm³/mol. The number of methoxy groups -OCH3 is 1. The summed E-state index contributed by atoms with van der Waals surface area (Å²) in [6.07, 6.45) is 0. The number of piperazine rings is 1. The zero-order valence-electron chi connectivity index (χ0n) is 14.9. The Morgan fingerprint density at radius 2 is 1.87 bits per heavy atom. The number of hydrogen-bond donors (Lipinski definition) is 2. The van der Waals surface area contributed by atoms with Crippen LogP contribution in [-0.4, -0.2) is 74.9 Å². The van der Waals surface area contributed by atoms with Crippen molar-refractivity contribution >= 4 is 0 Å². The van der Waals surface area contributed by atoms with Crippen molar-refractivity contribution < 1.29 is 9.84 Å². The molecule has 0 radical (unpaired) electrons. The molecule has 0 spiro atoms. The summed E-state index contributed by atoms with van der Waals surface area (Å²) in [6, 6.07) is 4.51. The Balaban J connectivity index is 2.28. The molecule has 5 nitrogen and oxygen atoms in total. The largest absolute Gasteiger partial charge is 0.497 e. The Hall–Kier alpha value is -1.14. The first-order chi connectivity index (χ1) is 11.1. The molecule has 1 aliphatic heterocycles. The zero-order chi connectivity index (χ0) is 16.8. The summed E-state index contributed by atoms with van der Waals surface area (Å²) in [4.78, 5) is 4.78. The van der Waals surface area contributed by atoms with Gasteiger partial charge in [0.2, 0.25) is 0 Å². The maximum atomic E-state index is 9.37. The van der Waals surface area contributed by atoms with Crippen molar-refractivity contribution in [1.29, 1.82) is 0 Å². The van der Waals surface area contributed by atoms with Crippen molar-refractivity contribution in [2.75, 3.05) is 60.0 Å². The van der Waals surface area contributed by atoms with Gasteiger partial charge in [-0.1, -0.05) is 0 Å². The van der Waals surface area contributed by atoms with E-state index in [0.717, 1.165) is 38.5 Å². The maximum Gasteiger partial charge on any atom is 0.119 e. The van der Waals surface area contributed by atoms with Crippen molar-refractivity contribution in [3.05, 3.63) is 28.8 Å². The lowest BCUT2D eigenvalue weighted by Gasteiger charge is -2.36. The Morgan fingerprint density at radius 1 is 1.26 bits per heavy atom. The molecule has 0 aliphatic carbocycles. The molecule has 1 unspecified atom stereocenters. The normalized spacial score (nSPS) is 17.5. The van der Waals surface area contributed by atoms with Gasteiger partial charge in [0, 0.05) is 45.3 Å². The predicted octanol–water partition coefficient (Wildman–Crippen LogP) is 1.18. The standard InChI is InChI=1S/C18H31N3O2/c1-14-11-16(23-4)12-15(2)18(14)17(20(3)9-10-22)13-21-7-5-19-6-8-21/h11-12,17,19,22H,5-10,13H2,1-4H3. The highest BCUT2D eigenvalue weighted by Crippen LogP contribution is 2.30. The summed E-state index contributed by atoms with van der Waals surface area (Å²) >= 11 is 0. The molecule has 1 aromatic rings.